The van der Waals surface area contributed by atoms with Crippen molar-refractivity contribution in [3.8, 4) is 5.88 Å². The van der Waals surface area contributed by atoms with Gasteiger partial charge >= 0.3 is 0 Å². The minimum absolute atomic E-state index is 0.215. The van der Waals surface area contributed by atoms with Crippen LogP contribution in [-0.2, 0) is 11.3 Å². The smallest absolute Gasteiger partial charge is 0.222 e. The van der Waals surface area contributed by atoms with Crippen LogP contribution in [0, 0.1) is 5.92 Å². The predicted molar refractivity (Wildman–Crippen MR) is 101 cm³/mol. The van der Waals surface area contributed by atoms with Crippen LogP contribution in [0.1, 0.15) is 38.2 Å². The van der Waals surface area contributed by atoms with E-state index in [1.54, 1.807) is 7.05 Å². The molecule has 1 aliphatic carbocycles. The van der Waals surface area contributed by atoms with Crippen LogP contribution in [-0.4, -0.2) is 54.5 Å². The second-order valence-electron chi connectivity index (χ2n) is 7.01. The molecule has 1 amide bonds. The van der Waals surface area contributed by atoms with Crippen LogP contribution >= 0.6 is 0 Å². The lowest BCUT2D eigenvalue weighted by atomic mass is 10.2. The number of amides is 1. The summed E-state index contributed by atoms with van der Waals surface area (Å²) >= 11 is 0. The average Bonchev–Trinajstić information content (AvgIpc) is 3.40. The van der Waals surface area contributed by atoms with Gasteiger partial charge in [-0.05, 0) is 30.7 Å². The summed E-state index contributed by atoms with van der Waals surface area (Å²) in [6.07, 6.45) is 5.90. The Morgan fingerprint density at radius 2 is 2.23 bits per heavy atom. The van der Waals surface area contributed by atoms with E-state index in [0.29, 0.717) is 18.8 Å². The highest BCUT2D eigenvalue weighted by Gasteiger charge is 2.25. The van der Waals surface area contributed by atoms with Gasteiger partial charge in [-0.2, -0.15) is 0 Å². The third kappa shape index (κ3) is 5.34. The van der Waals surface area contributed by atoms with Crippen LogP contribution < -0.4 is 15.4 Å². The molecule has 142 valence electrons. The largest absolute Gasteiger partial charge is 0.477 e. The average molecular weight is 359 g/mol. The molecule has 1 saturated carbocycles. The lowest BCUT2D eigenvalue weighted by Gasteiger charge is -2.18. The molecule has 0 bridgehead atoms. The van der Waals surface area contributed by atoms with Crippen LogP contribution in [0.4, 0.5) is 0 Å². The van der Waals surface area contributed by atoms with Crippen molar-refractivity contribution in [1.82, 2.24) is 20.5 Å². The van der Waals surface area contributed by atoms with Crippen molar-refractivity contribution in [2.75, 3.05) is 26.7 Å². The number of aliphatic imine (C=N–C) groups is 1. The van der Waals surface area contributed by atoms with E-state index in [1.165, 1.54) is 12.8 Å². The summed E-state index contributed by atoms with van der Waals surface area (Å²) in [6, 6.07) is 4.18. The lowest BCUT2D eigenvalue weighted by molar-refractivity contribution is -0.129. The summed E-state index contributed by atoms with van der Waals surface area (Å²) < 4.78 is 5.66. The van der Waals surface area contributed by atoms with E-state index in [-0.39, 0.29) is 11.9 Å². The Kier molecular flexibility index (Phi) is 6.30. The molecule has 0 spiro atoms. The molecule has 7 heteroatoms. The number of nitrogens with zero attached hydrogens (tertiary/aromatic N) is 3. The molecule has 1 aromatic heterocycles. The van der Waals surface area contributed by atoms with Crippen molar-refractivity contribution in [1.29, 1.82) is 0 Å². The van der Waals surface area contributed by atoms with E-state index in [4.69, 9.17) is 4.74 Å². The van der Waals surface area contributed by atoms with Gasteiger partial charge in [0, 0.05) is 51.4 Å². The number of rotatable bonds is 7. The molecule has 2 N–H and O–H groups in total. The lowest BCUT2D eigenvalue weighted by Crippen LogP contribution is -2.44. The Morgan fingerprint density at radius 1 is 1.38 bits per heavy atom. The van der Waals surface area contributed by atoms with Gasteiger partial charge in [0.1, 0.15) is 0 Å². The maximum Gasteiger partial charge on any atom is 0.222 e. The monoisotopic (exact) mass is 359 g/mol. The number of hydrogen-bond acceptors (Lipinski definition) is 4. The molecule has 0 aromatic carbocycles. The molecule has 2 aliphatic rings. The summed E-state index contributed by atoms with van der Waals surface area (Å²) in [6.45, 7) is 4.87. The quantitative estimate of drug-likeness (QED) is 0.570. The molecular formula is C19H29N5O2. The first kappa shape index (κ1) is 18.5. The number of carbonyl (C=O) groups excluding carboxylic acids is 1. The molecule has 1 atom stereocenters. The van der Waals surface area contributed by atoms with Gasteiger partial charge in [-0.25, -0.2) is 4.98 Å². The Morgan fingerprint density at radius 3 is 2.88 bits per heavy atom. The first-order valence-corrected chi connectivity index (χ1v) is 9.50. The number of aromatic nitrogens is 1. The molecule has 26 heavy (non-hydrogen) atoms. The highest BCUT2D eigenvalue weighted by molar-refractivity contribution is 5.80. The highest BCUT2D eigenvalue weighted by Crippen LogP contribution is 2.29. The number of guanidine groups is 1. The van der Waals surface area contributed by atoms with E-state index in [2.05, 4.69) is 20.6 Å². The van der Waals surface area contributed by atoms with Gasteiger partial charge in [-0.1, -0.05) is 13.0 Å². The third-order valence-electron chi connectivity index (χ3n) is 4.83. The Bertz CT molecular complexity index is 627. The number of nitrogens with one attached hydrogen (secondary N) is 2. The first-order valence-electron chi connectivity index (χ1n) is 9.50. The van der Waals surface area contributed by atoms with Gasteiger partial charge in [-0.15, -0.1) is 0 Å². The fourth-order valence-corrected chi connectivity index (χ4v) is 2.99. The minimum Gasteiger partial charge on any atom is -0.477 e. The molecule has 1 aliphatic heterocycles. The standard InChI is InChI=1S/C19H29N5O2/c1-3-18(25)24-9-8-16(12-24)23-19(20-2)22-11-15-6-7-17(21-10-15)26-13-14-4-5-14/h6-7,10,14,16H,3-5,8-9,11-13H2,1-2H3,(H2,20,22,23). The Labute approximate surface area is 155 Å². The zero-order chi connectivity index (χ0) is 18.4. The normalized spacial score (nSPS) is 20.2. The van der Waals surface area contributed by atoms with E-state index >= 15 is 0 Å². The SMILES string of the molecule is CCC(=O)N1CCC(NC(=NC)NCc2ccc(OCC3CC3)nc2)C1. The summed E-state index contributed by atoms with van der Waals surface area (Å²) in [5, 5.41) is 6.70. The van der Waals surface area contributed by atoms with Crippen molar-refractivity contribution >= 4 is 11.9 Å². The molecule has 1 saturated heterocycles. The maximum absolute atomic E-state index is 11.8. The Balaban J connectivity index is 1.41. The third-order valence-corrected chi connectivity index (χ3v) is 4.83. The zero-order valence-electron chi connectivity index (χ0n) is 15.7. The molecule has 2 heterocycles. The van der Waals surface area contributed by atoms with Crippen molar-refractivity contribution < 1.29 is 9.53 Å². The van der Waals surface area contributed by atoms with Gasteiger partial charge in [0.15, 0.2) is 5.96 Å². The van der Waals surface area contributed by atoms with Gasteiger partial charge < -0.3 is 20.3 Å². The zero-order valence-corrected chi connectivity index (χ0v) is 15.7. The second-order valence-corrected chi connectivity index (χ2v) is 7.01. The van der Waals surface area contributed by atoms with Crippen molar-refractivity contribution in [3.05, 3.63) is 23.9 Å². The minimum atomic E-state index is 0.215. The Hall–Kier alpha value is -2.31. The molecule has 0 radical (unpaired) electrons. The van der Waals surface area contributed by atoms with Crippen LogP contribution in [0.25, 0.3) is 0 Å². The topological polar surface area (TPSA) is 78.9 Å². The molecular weight excluding hydrogens is 330 g/mol. The maximum atomic E-state index is 11.8. The fourth-order valence-electron chi connectivity index (χ4n) is 2.99. The van der Waals surface area contributed by atoms with Crippen molar-refractivity contribution in [2.45, 2.75) is 45.2 Å². The number of likely N-dealkylation sites (tertiary alicyclic amines) is 1. The van der Waals surface area contributed by atoms with E-state index in [0.717, 1.165) is 43.6 Å². The number of hydrogen-bond donors (Lipinski definition) is 2. The van der Waals surface area contributed by atoms with Gasteiger partial charge in [0.25, 0.3) is 0 Å². The molecule has 1 aromatic rings. The van der Waals surface area contributed by atoms with Gasteiger partial charge in [0.05, 0.1) is 6.61 Å². The second kappa shape index (κ2) is 8.87. The predicted octanol–water partition coefficient (Wildman–Crippen LogP) is 1.55. The van der Waals surface area contributed by atoms with E-state index in [1.807, 2.05) is 30.2 Å². The van der Waals surface area contributed by atoms with Gasteiger partial charge in [0.2, 0.25) is 11.8 Å². The summed E-state index contributed by atoms with van der Waals surface area (Å²) in [5.74, 6) is 2.38. The molecule has 1 unspecified atom stereocenters. The molecule has 3 rings (SSSR count). The van der Waals surface area contributed by atoms with Crippen molar-refractivity contribution in [3.63, 3.8) is 0 Å². The van der Waals surface area contributed by atoms with E-state index in [9.17, 15) is 4.79 Å². The number of carbonyl (C=O) groups is 1. The fraction of sp³-hybridized carbons (Fsp3) is 0.632. The van der Waals surface area contributed by atoms with E-state index < -0.39 is 0 Å². The van der Waals surface area contributed by atoms with Crippen LogP contribution in [0.5, 0.6) is 5.88 Å². The summed E-state index contributed by atoms with van der Waals surface area (Å²) in [7, 11) is 1.76. The highest BCUT2D eigenvalue weighted by atomic mass is 16.5. The summed E-state index contributed by atoms with van der Waals surface area (Å²) in [5.41, 5.74) is 1.07. The summed E-state index contributed by atoms with van der Waals surface area (Å²) in [4.78, 5) is 22.3. The number of ether oxygens (including phenoxy) is 1. The number of pyridine rings is 1. The van der Waals surface area contributed by atoms with Gasteiger partial charge in [-0.3, -0.25) is 9.79 Å². The molecule has 7 nitrogen and oxygen atoms in total. The first-order chi connectivity index (χ1) is 12.7. The molecule has 2 fully saturated rings. The van der Waals surface area contributed by atoms with Crippen LogP contribution in [0.3, 0.4) is 0 Å². The van der Waals surface area contributed by atoms with Crippen LogP contribution in [0.15, 0.2) is 23.3 Å². The van der Waals surface area contributed by atoms with Crippen molar-refractivity contribution in [2.24, 2.45) is 10.9 Å². The van der Waals surface area contributed by atoms with Crippen LogP contribution in [0.2, 0.25) is 0 Å².